The summed E-state index contributed by atoms with van der Waals surface area (Å²) in [5, 5.41) is 8.95. The Morgan fingerprint density at radius 3 is 2.15 bits per heavy atom. The van der Waals surface area contributed by atoms with Crippen molar-refractivity contribution in [3.63, 3.8) is 0 Å². The number of carboxylic acid groups (broad SMARTS) is 1. The van der Waals surface area contributed by atoms with Gasteiger partial charge >= 0.3 is 5.97 Å². The summed E-state index contributed by atoms with van der Waals surface area (Å²) in [6, 6.07) is 12.0. The number of aromatic carboxylic acids is 1. The summed E-state index contributed by atoms with van der Waals surface area (Å²) >= 11 is 0. The fraction of sp³-hybridized carbons (Fsp3) is 0.235. The average Bonchev–Trinajstić information content (AvgIpc) is 2.38. The first-order valence-electron chi connectivity index (χ1n) is 6.43. The molecule has 3 heteroatoms. The molecule has 0 atom stereocenters. The molecule has 0 saturated heterocycles. The second-order valence-electron chi connectivity index (χ2n) is 5.80. The smallest absolute Gasteiger partial charge is 0.338 e. The van der Waals surface area contributed by atoms with E-state index >= 15 is 0 Å². The predicted molar refractivity (Wildman–Crippen MR) is 77.5 cm³/mol. The zero-order chi connectivity index (χ0) is 14.9. The summed E-state index contributed by atoms with van der Waals surface area (Å²) in [4.78, 5) is 11.0. The molecule has 0 fully saturated rings. The Hall–Kier alpha value is -2.16. The molecule has 20 heavy (non-hydrogen) atoms. The lowest BCUT2D eigenvalue weighted by molar-refractivity contribution is 0.0692. The lowest BCUT2D eigenvalue weighted by Gasteiger charge is -2.19. The lowest BCUT2D eigenvalue weighted by atomic mass is 9.86. The van der Waals surface area contributed by atoms with Crippen LogP contribution in [-0.2, 0) is 5.41 Å². The van der Waals surface area contributed by atoms with E-state index in [0.717, 1.165) is 5.56 Å². The molecule has 2 aromatic carbocycles. The molecule has 0 radical (unpaired) electrons. The Bertz CT molecular complexity index is 637. The van der Waals surface area contributed by atoms with Crippen molar-refractivity contribution in [2.24, 2.45) is 0 Å². The second kappa shape index (κ2) is 5.08. The summed E-state index contributed by atoms with van der Waals surface area (Å²) < 4.78 is 14.2. The molecule has 0 heterocycles. The van der Waals surface area contributed by atoms with Gasteiger partial charge < -0.3 is 5.11 Å². The molecule has 2 aromatic rings. The van der Waals surface area contributed by atoms with E-state index in [2.05, 4.69) is 20.8 Å². The zero-order valence-electron chi connectivity index (χ0n) is 11.8. The monoisotopic (exact) mass is 272 g/mol. The van der Waals surface area contributed by atoms with Crippen molar-refractivity contribution in [1.29, 1.82) is 0 Å². The van der Waals surface area contributed by atoms with E-state index in [1.54, 1.807) is 12.1 Å². The van der Waals surface area contributed by atoms with E-state index < -0.39 is 11.8 Å². The van der Waals surface area contributed by atoms with E-state index in [-0.39, 0.29) is 11.0 Å². The van der Waals surface area contributed by atoms with Crippen LogP contribution < -0.4 is 0 Å². The number of hydrogen-bond donors (Lipinski definition) is 1. The first-order chi connectivity index (χ1) is 9.30. The van der Waals surface area contributed by atoms with Crippen LogP contribution >= 0.6 is 0 Å². The third-order valence-electron chi connectivity index (χ3n) is 3.29. The summed E-state index contributed by atoms with van der Waals surface area (Å²) in [6.07, 6.45) is 0. The van der Waals surface area contributed by atoms with Gasteiger partial charge in [-0.25, -0.2) is 9.18 Å². The Morgan fingerprint density at radius 1 is 1.05 bits per heavy atom. The number of rotatable bonds is 2. The average molecular weight is 272 g/mol. The Kier molecular flexibility index (Phi) is 3.62. The van der Waals surface area contributed by atoms with Crippen LogP contribution in [0.1, 0.15) is 36.7 Å². The molecule has 0 amide bonds. The lowest BCUT2D eigenvalue weighted by Crippen LogP contribution is -2.10. The maximum atomic E-state index is 14.2. The summed E-state index contributed by atoms with van der Waals surface area (Å²) in [5.74, 6) is -1.95. The van der Waals surface area contributed by atoms with E-state index in [9.17, 15) is 9.18 Å². The number of carbonyl (C=O) groups is 1. The van der Waals surface area contributed by atoms with Crippen molar-refractivity contribution in [2.75, 3.05) is 0 Å². The van der Waals surface area contributed by atoms with E-state index in [1.165, 1.54) is 6.07 Å². The highest BCUT2D eigenvalue weighted by Crippen LogP contribution is 2.28. The number of benzene rings is 2. The van der Waals surface area contributed by atoms with Gasteiger partial charge in [0.15, 0.2) is 0 Å². The van der Waals surface area contributed by atoms with Crippen molar-refractivity contribution in [2.45, 2.75) is 26.2 Å². The number of halogens is 1. The molecular weight excluding hydrogens is 255 g/mol. The molecule has 0 aliphatic carbocycles. The van der Waals surface area contributed by atoms with Crippen molar-refractivity contribution in [1.82, 2.24) is 0 Å². The Morgan fingerprint density at radius 2 is 1.65 bits per heavy atom. The van der Waals surface area contributed by atoms with Crippen LogP contribution in [0.5, 0.6) is 0 Å². The molecule has 104 valence electrons. The van der Waals surface area contributed by atoms with E-state index in [0.29, 0.717) is 11.1 Å². The van der Waals surface area contributed by atoms with Crippen LogP contribution in [0.4, 0.5) is 4.39 Å². The van der Waals surface area contributed by atoms with Gasteiger partial charge in [-0.2, -0.15) is 0 Å². The fourth-order valence-electron chi connectivity index (χ4n) is 2.07. The third kappa shape index (κ3) is 2.72. The largest absolute Gasteiger partial charge is 0.478 e. The van der Waals surface area contributed by atoms with Crippen LogP contribution in [0, 0.1) is 5.82 Å². The van der Waals surface area contributed by atoms with Gasteiger partial charge in [-0.05, 0) is 22.6 Å². The fourth-order valence-corrected chi connectivity index (χ4v) is 2.07. The van der Waals surface area contributed by atoms with Crippen LogP contribution in [0.2, 0.25) is 0 Å². The molecule has 1 N–H and O–H groups in total. The number of carboxylic acids is 1. The quantitative estimate of drug-likeness (QED) is 0.874. The normalized spacial score (nSPS) is 11.4. The Labute approximate surface area is 117 Å². The van der Waals surface area contributed by atoms with Crippen molar-refractivity contribution in [3.05, 3.63) is 59.4 Å². The van der Waals surface area contributed by atoms with Crippen molar-refractivity contribution in [3.8, 4) is 11.1 Å². The highest BCUT2D eigenvalue weighted by Gasteiger charge is 2.16. The topological polar surface area (TPSA) is 37.3 Å². The van der Waals surface area contributed by atoms with Crippen molar-refractivity contribution < 1.29 is 14.3 Å². The van der Waals surface area contributed by atoms with Crippen LogP contribution in [-0.4, -0.2) is 11.1 Å². The SMILES string of the molecule is CC(C)(C)c1ccc(-c2cccc(C(=O)O)c2F)cc1. The van der Waals surface area contributed by atoms with Gasteiger partial charge in [-0.15, -0.1) is 0 Å². The molecule has 0 aliphatic rings. The molecule has 0 saturated carbocycles. The predicted octanol–water partition coefficient (Wildman–Crippen LogP) is 4.49. The second-order valence-corrected chi connectivity index (χ2v) is 5.80. The van der Waals surface area contributed by atoms with Gasteiger partial charge in [-0.3, -0.25) is 0 Å². The van der Waals surface area contributed by atoms with Gasteiger partial charge in [-0.1, -0.05) is 57.2 Å². The van der Waals surface area contributed by atoms with Gasteiger partial charge in [0, 0.05) is 5.56 Å². The maximum Gasteiger partial charge on any atom is 0.338 e. The summed E-state index contributed by atoms with van der Waals surface area (Å²) in [7, 11) is 0. The summed E-state index contributed by atoms with van der Waals surface area (Å²) in [6.45, 7) is 6.31. The first-order valence-corrected chi connectivity index (χ1v) is 6.43. The van der Waals surface area contributed by atoms with E-state index in [1.807, 2.05) is 24.3 Å². The highest BCUT2D eigenvalue weighted by atomic mass is 19.1. The van der Waals surface area contributed by atoms with Gasteiger partial charge in [0.25, 0.3) is 0 Å². The minimum atomic E-state index is -1.25. The minimum Gasteiger partial charge on any atom is -0.478 e. The first kappa shape index (κ1) is 14.3. The standard InChI is InChI=1S/C17H17FO2/c1-17(2,3)12-9-7-11(8-10-12)13-5-4-6-14(15(13)18)16(19)20/h4-10H,1-3H3,(H,19,20). The van der Waals surface area contributed by atoms with E-state index in [4.69, 9.17) is 5.11 Å². The molecule has 2 nitrogen and oxygen atoms in total. The molecule has 0 aromatic heterocycles. The van der Waals surface area contributed by atoms with Crippen LogP contribution in [0.3, 0.4) is 0 Å². The number of hydrogen-bond acceptors (Lipinski definition) is 1. The molecular formula is C17H17FO2. The maximum absolute atomic E-state index is 14.2. The highest BCUT2D eigenvalue weighted by molar-refractivity contribution is 5.90. The van der Waals surface area contributed by atoms with Crippen LogP contribution in [0.25, 0.3) is 11.1 Å². The molecule has 0 aliphatic heterocycles. The molecule has 2 rings (SSSR count). The van der Waals surface area contributed by atoms with Gasteiger partial charge in [0.2, 0.25) is 0 Å². The van der Waals surface area contributed by atoms with Crippen LogP contribution in [0.15, 0.2) is 42.5 Å². The molecule has 0 bridgehead atoms. The zero-order valence-corrected chi connectivity index (χ0v) is 11.8. The van der Waals surface area contributed by atoms with Gasteiger partial charge in [0.1, 0.15) is 5.82 Å². The molecule has 0 unspecified atom stereocenters. The molecule has 0 spiro atoms. The Balaban J connectivity index is 2.48. The summed E-state index contributed by atoms with van der Waals surface area (Å²) in [5.41, 5.74) is 1.86. The van der Waals surface area contributed by atoms with Crippen molar-refractivity contribution >= 4 is 5.97 Å². The minimum absolute atomic E-state index is 0.0278. The third-order valence-corrected chi connectivity index (χ3v) is 3.29. The van der Waals surface area contributed by atoms with Gasteiger partial charge in [0.05, 0.1) is 5.56 Å².